The number of hydrogen-bond acceptors (Lipinski definition) is 5. The smallest absolute Gasteiger partial charge is 0.293 e. The summed E-state index contributed by atoms with van der Waals surface area (Å²) in [6, 6.07) is 19.9. The number of anilines is 3. The third kappa shape index (κ3) is 4.35. The summed E-state index contributed by atoms with van der Waals surface area (Å²) >= 11 is 0. The van der Waals surface area contributed by atoms with Crippen LogP contribution < -0.4 is 10.6 Å². The maximum absolute atomic E-state index is 12.6. The van der Waals surface area contributed by atoms with Crippen molar-refractivity contribution in [3.05, 3.63) is 94.0 Å². The Morgan fingerprint density at radius 2 is 1.53 bits per heavy atom. The van der Waals surface area contributed by atoms with Gasteiger partial charge in [-0.25, -0.2) is 0 Å². The Morgan fingerprint density at radius 3 is 2.17 bits per heavy atom. The summed E-state index contributed by atoms with van der Waals surface area (Å²) in [5.74, 6) is -0.145. The maximum Gasteiger partial charge on any atom is 0.293 e. The van der Waals surface area contributed by atoms with E-state index in [0.29, 0.717) is 16.9 Å². The molecule has 0 saturated heterocycles. The van der Waals surface area contributed by atoms with Gasteiger partial charge in [0.25, 0.3) is 5.69 Å². The van der Waals surface area contributed by atoms with E-state index in [2.05, 4.69) is 10.6 Å². The molecule has 7 heteroatoms. The summed E-state index contributed by atoms with van der Waals surface area (Å²) in [5, 5.41) is 17.4. The lowest BCUT2D eigenvalue weighted by Gasteiger charge is -2.10. The maximum atomic E-state index is 12.6. The summed E-state index contributed by atoms with van der Waals surface area (Å²) in [7, 11) is 0. The highest BCUT2D eigenvalue weighted by atomic mass is 16.6. The van der Waals surface area contributed by atoms with Gasteiger partial charge in [0.2, 0.25) is 5.91 Å². The standard InChI is InChI=1S/C23H19N3O4/c27-22(15-4-2-1-3-5-15)17-8-13-20(21(14-17)26(29)30)24-18-9-11-19(12-10-18)25-23(28)16-6-7-16/h1-5,8-14,16,24H,6-7H2,(H,25,28). The molecular formula is C23H19N3O4. The lowest BCUT2D eigenvalue weighted by atomic mass is 10.0. The van der Waals surface area contributed by atoms with Crippen LogP contribution in [0.15, 0.2) is 72.8 Å². The van der Waals surface area contributed by atoms with Crippen molar-refractivity contribution < 1.29 is 14.5 Å². The summed E-state index contributed by atoms with van der Waals surface area (Å²) in [6.07, 6.45) is 1.86. The van der Waals surface area contributed by atoms with Crippen LogP contribution in [0.1, 0.15) is 28.8 Å². The fourth-order valence-corrected chi connectivity index (χ4v) is 3.07. The minimum absolute atomic E-state index is 0.0185. The highest BCUT2D eigenvalue weighted by Gasteiger charge is 2.29. The molecule has 30 heavy (non-hydrogen) atoms. The van der Waals surface area contributed by atoms with Gasteiger partial charge in [-0.05, 0) is 49.2 Å². The number of nitrogens with zero attached hydrogens (tertiary/aromatic N) is 1. The third-order valence-corrected chi connectivity index (χ3v) is 4.87. The number of nitrogens with one attached hydrogen (secondary N) is 2. The second-order valence-corrected chi connectivity index (χ2v) is 7.15. The zero-order chi connectivity index (χ0) is 21.1. The number of nitro groups is 1. The van der Waals surface area contributed by atoms with Gasteiger partial charge in [-0.3, -0.25) is 19.7 Å². The van der Waals surface area contributed by atoms with Gasteiger partial charge >= 0.3 is 0 Å². The quantitative estimate of drug-likeness (QED) is 0.332. The molecule has 1 amide bonds. The van der Waals surface area contributed by atoms with Gasteiger partial charge in [0.1, 0.15) is 5.69 Å². The molecule has 0 aromatic heterocycles. The SMILES string of the molecule is O=C(c1ccccc1)c1ccc(Nc2ccc(NC(=O)C3CC3)cc2)c([N+](=O)[O-])c1. The molecule has 3 aromatic carbocycles. The first-order chi connectivity index (χ1) is 14.5. The van der Waals surface area contributed by atoms with Crippen LogP contribution in [0.3, 0.4) is 0 Å². The lowest BCUT2D eigenvalue weighted by Crippen LogP contribution is -2.13. The monoisotopic (exact) mass is 401 g/mol. The van der Waals surface area contributed by atoms with E-state index in [4.69, 9.17) is 0 Å². The Balaban J connectivity index is 1.53. The first-order valence-corrected chi connectivity index (χ1v) is 9.57. The van der Waals surface area contributed by atoms with Crippen LogP contribution >= 0.6 is 0 Å². The van der Waals surface area contributed by atoms with Gasteiger partial charge in [-0.2, -0.15) is 0 Å². The number of amides is 1. The van der Waals surface area contributed by atoms with Gasteiger partial charge in [0.05, 0.1) is 4.92 Å². The first kappa shape index (κ1) is 19.3. The minimum Gasteiger partial charge on any atom is -0.350 e. The van der Waals surface area contributed by atoms with E-state index in [-0.39, 0.29) is 34.5 Å². The van der Waals surface area contributed by atoms with Gasteiger partial charge < -0.3 is 10.6 Å². The van der Waals surface area contributed by atoms with Crippen LogP contribution in [-0.4, -0.2) is 16.6 Å². The summed E-state index contributed by atoms with van der Waals surface area (Å²) < 4.78 is 0. The van der Waals surface area contributed by atoms with Crippen molar-refractivity contribution in [2.75, 3.05) is 10.6 Å². The van der Waals surface area contributed by atoms with Gasteiger partial charge in [0, 0.05) is 34.5 Å². The van der Waals surface area contributed by atoms with Crippen molar-refractivity contribution in [1.82, 2.24) is 0 Å². The molecule has 0 radical (unpaired) electrons. The van der Waals surface area contributed by atoms with E-state index in [1.165, 1.54) is 12.1 Å². The number of carbonyl (C=O) groups is 2. The van der Waals surface area contributed by atoms with Crippen molar-refractivity contribution in [1.29, 1.82) is 0 Å². The van der Waals surface area contributed by atoms with E-state index < -0.39 is 4.92 Å². The largest absolute Gasteiger partial charge is 0.350 e. The normalized spacial score (nSPS) is 12.8. The average Bonchev–Trinajstić information content (AvgIpc) is 3.61. The number of hydrogen-bond donors (Lipinski definition) is 2. The van der Waals surface area contributed by atoms with Gasteiger partial charge in [-0.1, -0.05) is 30.3 Å². The Hall–Kier alpha value is -4.00. The molecule has 2 N–H and O–H groups in total. The average molecular weight is 401 g/mol. The third-order valence-electron chi connectivity index (χ3n) is 4.87. The van der Waals surface area contributed by atoms with Crippen molar-refractivity contribution in [3.63, 3.8) is 0 Å². The van der Waals surface area contributed by atoms with Crippen molar-refractivity contribution in [2.45, 2.75) is 12.8 Å². The van der Waals surface area contributed by atoms with Crippen LogP contribution in [0.5, 0.6) is 0 Å². The number of ketones is 1. The minimum atomic E-state index is -0.520. The molecule has 0 atom stereocenters. The molecule has 7 nitrogen and oxygen atoms in total. The van der Waals surface area contributed by atoms with E-state index in [1.807, 2.05) is 0 Å². The van der Waals surface area contributed by atoms with Crippen molar-refractivity contribution in [2.24, 2.45) is 5.92 Å². The molecule has 1 saturated carbocycles. The van der Waals surface area contributed by atoms with Crippen LogP contribution in [0.4, 0.5) is 22.7 Å². The Labute approximate surface area is 172 Å². The summed E-state index contributed by atoms with van der Waals surface area (Å²) in [6.45, 7) is 0. The summed E-state index contributed by atoms with van der Waals surface area (Å²) in [4.78, 5) is 35.5. The predicted octanol–water partition coefficient (Wildman–Crippen LogP) is 4.92. The first-order valence-electron chi connectivity index (χ1n) is 9.57. The number of nitro benzene ring substituents is 1. The Morgan fingerprint density at radius 1 is 0.867 bits per heavy atom. The van der Waals surface area contributed by atoms with Crippen LogP contribution in [0.25, 0.3) is 0 Å². The fraction of sp³-hybridized carbons (Fsp3) is 0.130. The predicted molar refractivity (Wildman–Crippen MR) is 114 cm³/mol. The van der Waals surface area contributed by atoms with Gasteiger partial charge in [-0.15, -0.1) is 0 Å². The molecule has 1 aliphatic rings. The van der Waals surface area contributed by atoms with E-state index in [0.717, 1.165) is 12.8 Å². The molecule has 1 fully saturated rings. The van der Waals surface area contributed by atoms with Crippen molar-refractivity contribution >= 4 is 34.4 Å². The van der Waals surface area contributed by atoms with Crippen LogP contribution in [-0.2, 0) is 4.79 Å². The summed E-state index contributed by atoms with van der Waals surface area (Å²) in [5.41, 5.74) is 2.11. The molecule has 4 rings (SSSR count). The van der Waals surface area contributed by atoms with Crippen LogP contribution in [0.2, 0.25) is 0 Å². The molecule has 0 aliphatic heterocycles. The molecule has 150 valence electrons. The molecule has 0 bridgehead atoms. The zero-order valence-corrected chi connectivity index (χ0v) is 16.0. The highest BCUT2D eigenvalue weighted by Crippen LogP contribution is 2.32. The number of benzene rings is 3. The molecule has 0 unspecified atom stereocenters. The van der Waals surface area contributed by atoms with Crippen LogP contribution in [0, 0.1) is 16.0 Å². The fourth-order valence-electron chi connectivity index (χ4n) is 3.07. The van der Waals surface area contributed by atoms with E-state index in [1.54, 1.807) is 60.7 Å². The highest BCUT2D eigenvalue weighted by molar-refractivity contribution is 6.09. The second kappa shape index (κ2) is 8.16. The van der Waals surface area contributed by atoms with Gasteiger partial charge in [0.15, 0.2) is 5.78 Å². The Kier molecular flexibility index (Phi) is 5.26. The number of rotatable bonds is 7. The molecule has 1 aliphatic carbocycles. The molecular weight excluding hydrogens is 382 g/mol. The number of carbonyl (C=O) groups excluding carboxylic acids is 2. The van der Waals surface area contributed by atoms with E-state index >= 15 is 0 Å². The zero-order valence-electron chi connectivity index (χ0n) is 16.0. The second-order valence-electron chi connectivity index (χ2n) is 7.15. The molecule has 0 spiro atoms. The molecule has 0 heterocycles. The molecule has 3 aromatic rings. The van der Waals surface area contributed by atoms with E-state index in [9.17, 15) is 19.7 Å². The lowest BCUT2D eigenvalue weighted by molar-refractivity contribution is -0.383. The van der Waals surface area contributed by atoms with Crippen molar-refractivity contribution in [3.8, 4) is 0 Å². The Bertz CT molecular complexity index is 1110. The topological polar surface area (TPSA) is 101 Å².